The van der Waals surface area contributed by atoms with E-state index >= 15 is 0 Å². The highest BCUT2D eigenvalue weighted by atomic mass is 16.3. The quantitative estimate of drug-likeness (QED) is 0.873. The SMILES string of the molecule is CCC(O)(Cc1ccccc1)Cc1ccccn1. The van der Waals surface area contributed by atoms with Crippen LogP contribution in [0.3, 0.4) is 0 Å². The molecule has 0 aliphatic rings. The second-order valence-corrected chi connectivity index (χ2v) is 4.74. The molecule has 2 rings (SSSR count). The summed E-state index contributed by atoms with van der Waals surface area (Å²) < 4.78 is 0. The number of aromatic nitrogens is 1. The van der Waals surface area contributed by atoms with E-state index in [1.54, 1.807) is 6.20 Å². The Morgan fingerprint density at radius 2 is 1.72 bits per heavy atom. The average Bonchev–Trinajstić information content (AvgIpc) is 2.41. The standard InChI is InChI=1S/C16H19NO/c1-2-16(18,12-14-8-4-3-5-9-14)13-15-10-6-7-11-17-15/h3-11,18H,2,12-13H2,1H3. The summed E-state index contributed by atoms with van der Waals surface area (Å²) in [6.07, 6.45) is 3.76. The van der Waals surface area contributed by atoms with Gasteiger partial charge in [0.05, 0.1) is 5.60 Å². The molecule has 0 aliphatic heterocycles. The van der Waals surface area contributed by atoms with Crippen molar-refractivity contribution in [1.82, 2.24) is 4.98 Å². The van der Waals surface area contributed by atoms with Crippen molar-refractivity contribution >= 4 is 0 Å². The molecule has 0 saturated heterocycles. The van der Waals surface area contributed by atoms with Crippen LogP contribution in [0.15, 0.2) is 54.7 Å². The Labute approximate surface area is 108 Å². The smallest absolute Gasteiger partial charge is 0.0740 e. The van der Waals surface area contributed by atoms with Crippen LogP contribution in [0.4, 0.5) is 0 Å². The topological polar surface area (TPSA) is 33.1 Å². The van der Waals surface area contributed by atoms with Crippen molar-refractivity contribution in [3.05, 3.63) is 66.0 Å². The van der Waals surface area contributed by atoms with E-state index in [0.29, 0.717) is 12.8 Å². The van der Waals surface area contributed by atoms with E-state index < -0.39 is 5.60 Å². The van der Waals surface area contributed by atoms with E-state index in [0.717, 1.165) is 17.7 Å². The maximum absolute atomic E-state index is 10.7. The van der Waals surface area contributed by atoms with Crippen LogP contribution in [0.1, 0.15) is 24.6 Å². The first-order chi connectivity index (χ1) is 8.72. The molecule has 0 amide bonds. The van der Waals surface area contributed by atoms with E-state index in [9.17, 15) is 5.11 Å². The molecule has 0 saturated carbocycles. The summed E-state index contributed by atoms with van der Waals surface area (Å²) in [7, 11) is 0. The van der Waals surface area contributed by atoms with Crippen LogP contribution in [0.25, 0.3) is 0 Å². The lowest BCUT2D eigenvalue weighted by atomic mass is 9.87. The van der Waals surface area contributed by atoms with E-state index in [1.165, 1.54) is 0 Å². The summed E-state index contributed by atoms with van der Waals surface area (Å²) in [6, 6.07) is 15.9. The number of benzene rings is 1. The zero-order valence-electron chi connectivity index (χ0n) is 10.7. The van der Waals surface area contributed by atoms with Gasteiger partial charge in [-0.3, -0.25) is 4.98 Å². The maximum atomic E-state index is 10.7. The lowest BCUT2D eigenvalue weighted by molar-refractivity contribution is 0.0359. The van der Waals surface area contributed by atoms with Gasteiger partial charge in [-0.1, -0.05) is 43.3 Å². The molecule has 1 aromatic heterocycles. The number of hydrogen-bond donors (Lipinski definition) is 1. The maximum Gasteiger partial charge on any atom is 0.0740 e. The van der Waals surface area contributed by atoms with Gasteiger partial charge in [-0.2, -0.15) is 0 Å². The molecular weight excluding hydrogens is 222 g/mol. The van der Waals surface area contributed by atoms with Gasteiger partial charge in [-0.15, -0.1) is 0 Å². The predicted octanol–water partition coefficient (Wildman–Crippen LogP) is 3.01. The molecule has 2 aromatic rings. The second kappa shape index (κ2) is 5.78. The lowest BCUT2D eigenvalue weighted by Crippen LogP contribution is -2.33. The summed E-state index contributed by atoms with van der Waals surface area (Å²) in [5.41, 5.74) is 1.39. The van der Waals surface area contributed by atoms with Crippen LogP contribution in [-0.2, 0) is 12.8 Å². The Morgan fingerprint density at radius 1 is 1.00 bits per heavy atom. The normalized spacial score (nSPS) is 14.1. The van der Waals surface area contributed by atoms with Crippen molar-refractivity contribution in [2.45, 2.75) is 31.8 Å². The monoisotopic (exact) mass is 241 g/mol. The molecule has 0 aliphatic carbocycles. The van der Waals surface area contributed by atoms with Gasteiger partial charge in [0.25, 0.3) is 0 Å². The summed E-state index contributed by atoms with van der Waals surface area (Å²) in [5.74, 6) is 0. The average molecular weight is 241 g/mol. The molecular formula is C16H19NO. The van der Waals surface area contributed by atoms with Crippen molar-refractivity contribution in [3.8, 4) is 0 Å². The molecule has 1 heterocycles. The van der Waals surface area contributed by atoms with Gasteiger partial charge in [0.2, 0.25) is 0 Å². The van der Waals surface area contributed by atoms with Crippen molar-refractivity contribution in [2.75, 3.05) is 0 Å². The summed E-state index contributed by atoms with van der Waals surface area (Å²) >= 11 is 0. The Kier molecular flexibility index (Phi) is 4.11. The molecule has 1 N–H and O–H groups in total. The fourth-order valence-corrected chi connectivity index (χ4v) is 2.13. The minimum atomic E-state index is -0.713. The Hall–Kier alpha value is -1.67. The van der Waals surface area contributed by atoms with Gasteiger partial charge in [0.15, 0.2) is 0 Å². The molecule has 0 spiro atoms. The van der Waals surface area contributed by atoms with E-state index in [4.69, 9.17) is 0 Å². The van der Waals surface area contributed by atoms with E-state index in [2.05, 4.69) is 17.1 Å². The summed E-state index contributed by atoms with van der Waals surface area (Å²) in [4.78, 5) is 4.29. The third-order valence-electron chi connectivity index (χ3n) is 3.27. The first-order valence-corrected chi connectivity index (χ1v) is 6.38. The third kappa shape index (κ3) is 3.41. The highest BCUT2D eigenvalue weighted by molar-refractivity contribution is 5.18. The summed E-state index contributed by atoms with van der Waals surface area (Å²) in [5, 5.41) is 10.7. The van der Waals surface area contributed by atoms with Crippen LogP contribution >= 0.6 is 0 Å². The van der Waals surface area contributed by atoms with Gasteiger partial charge in [-0.25, -0.2) is 0 Å². The summed E-state index contributed by atoms with van der Waals surface area (Å²) in [6.45, 7) is 2.02. The number of pyridine rings is 1. The molecule has 1 atom stereocenters. The molecule has 18 heavy (non-hydrogen) atoms. The third-order valence-corrected chi connectivity index (χ3v) is 3.27. The fraction of sp³-hybridized carbons (Fsp3) is 0.312. The highest BCUT2D eigenvalue weighted by Crippen LogP contribution is 2.21. The van der Waals surface area contributed by atoms with Crippen molar-refractivity contribution in [3.63, 3.8) is 0 Å². The first-order valence-electron chi connectivity index (χ1n) is 6.38. The zero-order valence-corrected chi connectivity index (χ0v) is 10.7. The molecule has 2 nitrogen and oxygen atoms in total. The Bertz CT molecular complexity index is 425. The Balaban J connectivity index is 2.11. The molecule has 1 aromatic carbocycles. The number of aliphatic hydroxyl groups is 1. The molecule has 0 radical (unpaired) electrons. The zero-order chi connectivity index (χ0) is 12.8. The fourth-order valence-electron chi connectivity index (χ4n) is 2.13. The van der Waals surface area contributed by atoms with Crippen molar-refractivity contribution in [1.29, 1.82) is 0 Å². The van der Waals surface area contributed by atoms with Crippen molar-refractivity contribution < 1.29 is 5.11 Å². The van der Waals surface area contributed by atoms with Gasteiger partial charge in [-0.05, 0) is 24.1 Å². The number of rotatable bonds is 5. The first kappa shape index (κ1) is 12.8. The molecule has 1 unspecified atom stereocenters. The van der Waals surface area contributed by atoms with Gasteiger partial charge < -0.3 is 5.11 Å². The number of nitrogens with zero attached hydrogens (tertiary/aromatic N) is 1. The van der Waals surface area contributed by atoms with Gasteiger partial charge >= 0.3 is 0 Å². The predicted molar refractivity (Wildman–Crippen MR) is 73.3 cm³/mol. The van der Waals surface area contributed by atoms with E-state index in [-0.39, 0.29) is 0 Å². The minimum Gasteiger partial charge on any atom is -0.389 e. The van der Waals surface area contributed by atoms with Crippen LogP contribution in [-0.4, -0.2) is 15.7 Å². The van der Waals surface area contributed by atoms with Gasteiger partial charge in [0.1, 0.15) is 0 Å². The second-order valence-electron chi connectivity index (χ2n) is 4.74. The van der Waals surface area contributed by atoms with Crippen LogP contribution in [0, 0.1) is 0 Å². The van der Waals surface area contributed by atoms with Crippen LogP contribution in [0.2, 0.25) is 0 Å². The molecule has 2 heteroatoms. The molecule has 0 fully saturated rings. The number of hydrogen-bond acceptors (Lipinski definition) is 2. The van der Waals surface area contributed by atoms with Crippen molar-refractivity contribution in [2.24, 2.45) is 0 Å². The highest BCUT2D eigenvalue weighted by Gasteiger charge is 2.25. The minimum absolute atomic E-state index is 0.596. The lowest BCUT2D eigenvalue weighted by Gasteiger charge is -2.26. The Morgan fingerprint density at radius 3 is 2.33 bits per heavy atom. The van der Waals surface area contributed by atoms with Crippen LogP contribution < -0.4 is 0 Å². The van der Waals surface area contributed by atoms with Crippen LogP contribution in [0.5, 0.6) is 0 Å². The molecule has 0 bridgehead atoms. The largest absolute Gasteiger partial charge is 0.389 e. The van der Waals surface area contributed by atoms with E-state index in [1.807, 2.05) is 43.3 Å². The van der Waals surface area contributed by atoms with Gasteiger partial charge in [0, 0.05) is 24.7 Å². The molecule has 94 valence electrons.